The van der Waals surface area contributed by atoms with Gasteiger partial charge in [-0.15, -0.1) is 0 Å². The quantitative estimate of drug-likeness (QED) is 0.547. The Morgan fingerprint density at radius 1 is 1.30 bits per heavy atom. The Balaban J connectivity index is 1.77. The first-order valence-corrected chi connectivity index (χ1v) is 4.86. The Morgan fingerprint density at radius 2 is 2.10 bits per heavy atom. The minimum absolute atomic E-state index is 0.977. The van der Waals surface area contributed by atoms with E-state index in [1.54, 1.807) is 19.3 Å². The minimum Gasteiger partial charge on any atom is -0.0654 e. The molecule has 0 heteroatoms. The minimum atomic E-state index is 0.977. The van der Waals surface area contributed by atoms with Crippen LogP contribution in [0.5, 0.6) is 0 Å². The first-order chi connectivity index (χ1) is 4.86. The third-order valence-electron chi connectivity index (χ3n) is 4.33. The van der Waals surface area contributed by atoms with Crippen LogP contribution in [0.1, 0.15) is 39.0 Å². The molecule has 2 atom stereocenters. The van der Waals surface area contributed by atoms with Gasteiger partial charge in [-0.25, -0.2) is 0 Å². The Bertz CT molecular complexity index is 165. The second-order valence-corrected chi connectivity index (χ2v) is 4.79. The fourth-order valence-corrected chi connectivity index (χ4v) is 3.84. The zero-order valence-electron chi connectivity index (χ0n) is 6.77. The van der Waals surface area contributed by atoms with Gasteiger partial charge in [0.15, 0.2) is 0 Å². The van der Waals surface area contributed by atoms with Gasteiger partial charge >= 0.3 is 0 Å². The lowest BCUT2D eigenvalue weighted by Crippen LogP contribution is -2.21. The topological polar surface area (TPSA) is 0 Å². The van der Waals surface area contributed by atoms with Gasteiger partial charge in [0, 0.05) is 0 Å². The van der Waals surface area contributed by atoms with E-state index in [4.69, 9.17) is 0 Å². The molecule has 4 fully saturated rings. The van der Waals surface area contributed by atoms with Gasteiger partial charge in [-0.1, -0.05) is 19.8 Å². The lowest BCUT2D eigenvalue weighted by Gasteiger charge is -2.31. The maximum absolute atomic E-state index is 2.34. The first kappa shape index (κ1) is 5.62. The molecule has 0 nitrogen and oxygen atoms in total. The Morgan fingerprint density at radius 3 is 2.50 bits per heavy atom. The highest BCUT2D eigenvalue weighted by Gasteiger charge is 2.72. The Kier molecular flexibility index (Phi) is 0.810. The molecule has 4 aliphatic rings. The van der Waals surface area contributed by atoms with E-state index in [2.05, 4.69) is 6.92 Å². The molecule has 1 spiro atoms. The van der Waals surface area contributed by atoms with Gasteiger partial charge in [0.05, 0.1) is 0 Å². The SMILES string of the molecule is CCCC1C2CC3(C2)CC13. The van der Waals surface area contributed by atoms with Gasteiger partial charge in [-0.05, 0) is 42.4 Å². The highest BCUT2D eigenvalue weighted by atomic mass is 14.8. The van der Waals surface area contributed by atoms with Gasteiger partial charge in [-0.3, -0.25) is 0 Å². The molecule has 2 unspecified atom stereocenters. The van der Waals surface area contributed by atoms with Crippen molar-refractivity contribution in [3.63, 3.8) is 0 Å². The molecule has 4 rings (SSSR count). The van der Waals surface area contributed by atoms with Crippen molar-refractivity contribution in [2.24, 2.45) is 23.2 Å². The molecule has 4 saturated carbocycles. The van der Waals surface area contributed by atoms with E-state index in [1.807, 2.05) is 0 Å². The van der Waals surface area contributed by atoms with Crippen LogP contribution in [0.15, 0.2) is 0 Å². The molecular formula is C10H16. The molecule has 4 aliphatic carbocycles. The molecule has 0 saturated heterocycles. The van der Waals surface area contributed by atoms with Crippen molar-refractivity contribution in [3.05, 3.63) is 0 Å². The lowest BCUT2D eigenvalue weighted by atomic mass is 9.74. The molecule has 10 heavy (non-hydrogen) atoms. The van der Waals surface area contributed by atoms with Crippen molar-refractivity contribution in [1.82, 2.24) is 0 Å². The zero-order valence-corrected chi connectivity index (χ0v) is 6.77. The molecule has 56 valence electrons. The molecule has 0 N–H and O–H groups in total. The van der Waals surface area contributed by atoms with Gasteiger partial charge in [0.1, 0.15) is 0 Å². The fraction of sp³-hybridized carbons (Fsp3) is 1.00. The van der Waals surface area contributed by atoms with Crippen molar-refractivity contribution in [2.75, 3.05) is 0 Å². The van der Waals surface area contributed by atoms with Crippen LogP contribution in [0.25, 0.3) is 0 Å². The van der Waals surface area contributed by atoms with Crippen LogP contribution < -0.4 is 0 Å². The Labute approximate surface area is 63.0 Å². The van der Waals surface area contributed by atoms with Crippen LogP contribution >= 0.6 is 0 Å². The average Bonchev–Trinajstić information content (AvgIpc) is 2.43. The highest BCUT2D eigenvalue weighted by molar-refractivity contribution is 5.21. The summed E-state index contributed by atoms with van der Waals surface area (Å²) in [5.41, 5.74) is 0.977. The molecule has 0 aromatic heterocycles. The molecule has 0 aromatic carbocycles. The summed E-state index contributed by atoms with van der Waals surface area (Å²) in [4.78, 5) is 0. The summed E-state index contributed by atoms with van der Waals surface area (Å²) in [6.45, 7) is 2.34. The van der Waals surface area contributed by atoms with E-state index in [0.717, 1.165) is 5.41 Å². The van der Waals surface area contributed by atoms with Crippen LogP contribution in [0, 0.1) is 23.2 Å². The van der Waals surface area contributed by atoms with Crippen LogP contribution in [-0.2, 0) is 0 Å². The van der Waals surface area contributed by atoms with E-state index in [9.17, 15) is 0 Å². The summed E-state index contributed by atoms with van der Waals surface area (Å²) in [6.07, 6.45) is 7.84. The monoisotopic (exact) mass is 136 g/mol. The first-order valence-electron chi connectivity index (χ1n) is 4.86. The molecule has 0 aliphatic heterocycles. The van der Waals surface area contributed by atoms with Crippen LogP contribution in [-0.4, -0.2) is 0 Å². The van der Waals surface area contributed by atoms with E-state index < -0.39 is 0 Å². The van der Waals surface area contributed by atoms with E-state index in [1.165, 1.54) is 30.6 Å². The van der Waals surface area contributed by atoms with Gasteiger partial charge < -0.3 is 0 Å². The summed E-state index contributed by atoms with van der Waals surface area (Å²) in [5.74, 6) is 3.60. The molecule has 0 aromatic rings. The molecule has 2 bridgehead atoms. The highest BCUT2D eigenvalue weighted by Crippen LogP contribution is 2.80. The molecule has 0 amide bonds. The van der Waals surface area contributed by atoms with E-state index in [0.29, 0.717) is 0 Å². The summed E-state index contributed by atoms with van der Waals surface area (Å²) in [5, 5.41) is 0. The van der Waals surface area contributed by atoms with Crippen molar-refractivity contribution < 1.29 is 0 Å². The summed E-state index contributed by atoms with van der Waals surface area (Å²) < 4.78 is 0. The van der Waals surface area contributed by atoms with Crippen LogP contribution in [0.4, 0.5) is 0 Å². The van der Waals surface area contributed by atoms with Crippen molar-refractivity contribution in [3.8, 4) is 0 Å². The average molecular weight is 136 g/mol. The third-order valence-corrected chi connectivity index (χ3v) is 4.33. The van der Waals surface area contributed by atoms with Gasteiger partial charge in [-0.2, -0.15) is 0 Å². The van der Waals surface area contributed by atoms with E-state index in [-0.39, 0.29) is 0 Å². The number of hydrogen-bond donors (Lipinski definition) is 0. The van der Waals surface area contributed by atoms with Crippen molar-refractivity contribution in [2.45, 2.75) is 39.0 Å². The zero-order chi connectivity index (χ0) is 6.77. The lowest BCUT2D eigenvalue weighted by molar-refractivity contribution is 0.188. The van der Waals surface area contributed by atoms with E-state index >= 15 is 0 Å². The summed E-state index contributed by atoms with van der Waals surface area (Å²) in [6, 6.07) is 0. The second-order valence-electron chi connectivity index (χ2n) is 4.79. The van der Waals surface area contributed by atoms with Crippen molar-refractivity contribution >= 4 is 0 Å². The largest absolute Gasteiger partial charge is 0.0654 e. The molecular weight excluding hydrogens is 120 g/mol. The standard InChI is InChI=1S/C10H16/c1-2-3-8-7-4-10(5-7)6-9(8)10/h7-9H,2-6H2,1H3. The Hall–Kier alpha value is 0. The summed E-state index contributed by atoms with van der Waals surface area (Å²) in [7, 11) is 0. The summed E-state index contributed by atoms with van der Waals surface area (Å²) >= 11 is 0. The van der Waals surface area contributed by atoms with Crippen LogP contribution in [0.2, 0.25) is 0 Å². The molecule has 0 heterocycles. The van der Waals surface area contributed by atoms with Gasteiger partial charge in [0.25, 0.3) is 0 Å². The normalized spacial score (nSPS) is 61.5. The molecule has 0 radical (unpaired) electrons. The predicted molar refractivity (Wildman–Crippen MR) is 41.7 cm³/mol. The maximum Gasteiger partial charge on any atom is -0.0258 e. The maximum atomic E-state index is 2.34. The van der Waals surface area contributed by atoms with Crippen LogP contribution in [0.3, 0.4) is 0 Å². The third kappa shape index (κ3) is 0.436. The fourth-order valence-electron chi connectivity index (χ4n) is 3.84. The predicted octanol–water partition coefficient (Wildman–Crippen LogP) is 2.83. The smallest absolute Gasteiger partial charge is 0.0258 e. The number of hydrogen-bond acceptors (Lipinski definition) is 0. The van der Waals surface area contributed by atoms with Crippen molar-refractivity contribution in [1.29, 1.82) is 0 Å². The van der Waals surface area contributed by atoms with Gasteiger partial charge in [0.2, 0.25) is 0 Å². The number of rotatable bonds is 2. The second kappa shape index (κ2) is 1.44.